The van der Waals surface area contributed by atoms with E-state index in [4.69, 9.17) is 0 Å². The highest BCUT2D eigenvalue weighted by molar-refractivity contribution is 4.67. The molecule has 0 bridgehead atoms. The van der Waals surface area contributed by atoms with Gasteiger partial charge in [-0.25, -0.2) is 0 Å². The van der Waals surface area contributed by atoms with Crippen LogP contribution < -0.4 is 5.32 Å². The van der Waals surface area contributed by atoms with E-state index < -0.39 is 0 Å². The van der Waals surface area contributed by atoms with E-state index in [0.29, 0.717) is 0 Å². The van der Waals surface area contributed by atoms with Gasteiger partial charge in [-0.3, -0.25) is 0 Å². The molecule has 140 valence electrons. The molecule has 0 aliphatic carbocycles. The molecular weight excluding hydrogens is 278 g/mol. The predicted octanol–water partition coefficient (Wildman–Crippen LogP) is 7.35. The van der Waals surface area contributed by atoms with E-state index in [1.54, 1.807) is 0 Å². The molecule has 0 spiro atoms. The summed E-state index contributed by atoms with van der Waals surface area (Å²) in [5.74, 6) is 1.84. The highest BCUT2D eigenvalue weighted by Gasteiger charge is 2.11. The van der Waals surface area contributed by atoms with Crippen LogP contribution in [0.3, 0.4) is 0 Å². The Labute approximate surface area is 148 Å². The quantitative estimate of drug-likeness (QED) is 0.260. The van der Waals surface area contributed by atoms with Crippen molar-refractivity contribution in [3.8, 4) is 0 Å². The van der Waals surface area contributed by atoms with E-state index >= 15 is 0 Å². The lowest BCUT2D eigenvalue weighted by atomic mass is 9.93. The Hall–Kier alpha value is -0.0400. The van der Waals surface area contributed by atoms with Crippen molar-refractivity contribution < 1.29 is 0 Å². The average molecular weight is 326 g/mol. The zero-order chi connectivity index (χ0) is 17.2. The fourth-order valence-corrected chi connectivity index (χ4v) is 3.63. The van der Waals surface area contributed by atoms with Crippen LogP contribution >= 0.6 is 0 Å². The lowest BCUT2D eigenvalue weighted by molar-refractivity contribution is 0.349. The molecule has 2 atom stereocenters. The molecule has 0 rings (SSSR count). The summed E-state index contributed by atoms with van der Waals surface area (Å²) < 4.78 is 0. The first-order valence-corrected chi connectivity index (χ1v) is 11.0. The summed E-state index contributed by atoms with van der Waals surface area (Å²) in [5.41, 5.74) is 0. The number of hydrogen-bond acceptors (Lipinski definition) is 1. The van der Waals surface area contributed by atoms with Gasteiger partial charge in [0.05, 0.1) is 0 Å². The molecule has 0 aromatic carbocycles. The molecule has 1 heteroatoms. The van der Waals surface area contributed by atoms with Gasteiger partial charge in [0.1, 0.15) is 0 Å². The van der Waals surface area contributed by atoms with E-state index in [1.165, 1.54) is 103 Å². The summed E-state index contributed by atoms with van der Waals surface area (Å²) in [6, 6.07) is 0. The van der Waals surface area contributed by atoms with Gasteiger partial charge >= 0.3 is 0 Å². The molecule has 0 saturated heterocycles. The molecular formula is C22H47N. The predicted molar refractivity (Wildman–Crippen MR) is 107 cm³/mol. The third-order valence-corrected chi connectivity index (χ3v) is 5.21. The summed E-state index contributed by atoms with van der Waals surface area (Å²) in [6.45, 7) is 11.8. The molecule has 1 N–H and O–H groups in total. The molecule has 23 heavy (non-hydrogen) atoms. The van der Waals surface area contributed by atoms with Crippen LogP contribution in [-0.2, 0) is 0 Å². The van der Waals surface area contributed by atoms with Crippen molar-refractivity contribution in [2.45, 2.75) is 118 Å². The van der Waals surface area contributed by atoms with Gasteiger partial charge in [0.2, 0.25) is 0 Å². The topological polar surface area (TPSA) is 12.0 Å². The van der Waals surface area contributed by atoms with Crippen LogP contribution in [0.4, 0.5) is 0 Å². The van der Waals surface area contributed by atoms with Gasteiger partial charge in [-0.05, 0) is 50.6 Å². The minimum atomic E-state index is 0.915. The van der Waals surface area contributed by atoms with Crippen LogP contribution in [0.25, 0.3) is 0 Å². The summed E-state index contributed by atoms with van der Waals surface area (Å²) >= 11 is 0. The monoisotopic (exact) mass is 325 g/mol. The highest BCUT2D eigenvalue weighted by Crippen LogP contribution is 2.18. The second-order valence-corrected chi connectivity index (χ2v) is 7.67. The summed E-state index contributed by atoms with van der Waals surface area (Å²) in [4.78, 5) is 0. The van der Waals surface area contributed by atoms with Crippen LogP contribution in [0.1, 0.15) is 118 Å². The lowest BCUT2D eigenvalue weighted by Crippen LogP contribution is -2.28. The maximum absolute atomic E-state index is 3.85. The first-order chi connectivity index (χ1) is 11.3. The van der Waals surface area contributed by atoms with Gasteiger partial charge in [-0.15, -0.1) is 0 Å². The molecule has 2 unspecified atom stereocenters. The minimum absolute atomic E-state index is 0.915. The van der Waals surface area contributed by atoms with Gasteiger partial charge in [0.25, 0.3) is 0 Å². The summed E-state index contributed by atoms with van der Waals surface area (Å²) in [7, 11) is 0. The third kappa shape index (κ3) is 15.2. The zero-order valence-electron chi connectivity index (χ0n) is 17.0. The molecule has 0 aromatic heterocycles. The van der Waals surface area contributed by atoms with E-state index in [1.807, 2.05) is 0 Å². The van der Waals surface area contributed by atoms with Crippen molar-refractivity contribution in [2.75, 3.05) is 13.1 Å². The van der Waals surface area contributed by atoms with Gasteiger partial charge in [-0.1, -0.05) is 91.9 Å². The molecule has 0 saturated carbocycles. The smallest absolute Gasteiger partial charge is 0.00204 e. The number of nitrogens with one attached hydrogen (secondary N) is 1. The van der Waals surface area contributed by atoms with Crippen molar-refractivity contribution in [3.05, 3.63) is 0 Å². The van der Waals surface area contributed by atoms with Crippen LogP contribution in [0, 0.1) is 11.8 Å². The molecule has 0 aromatic rings. The number of unbranched alkanes of at least 4 members (excludes halogenated alkanes) is 6. The van der Waals surface area contributed by atoms with Crippen molar-refractivity contribution in [1.29, 1.82) is 0 Å². The Bertz CT molecular complexity index is 214. The van der Waals surface area contributed by atoms with Crippen LogP contribution in [0.15, 0.2) is 0 Å². The SMILES string of the molecule is CCCCCCC(CCCC)CNCC(CCC)CCCCC. The van der Waals surface area contributed by atoms with E-state index in [0.717, 1.165) is 11.8 Å². The van der Waals surface area contributed by atoms with Crippen LogP contribution in [-0.4, -0.2) is 13.1 Å². The second kappa shape index (κ2) is 18.3. The maximum Gasteiger partial charge on any atom is -0.00204 e. The Kier molecular flexibility index (Phi) is 18.3. The van der Waals surface area contributed by atoms with Crippen molar-refractivity contribution >= 4 is 0 Å². The first kappa shape index (κ1) is 23.0. The van der Waals surface area contributed by atoms with Crippen LogP contribution in [0.5, 0.6) is 0 Å². The Morgan fingerprint density at radius 2 is 0.957 bits per heavy atom. The zero-order valence-corrected chi connectivity index (χ0v) is 17.0. The molecule has 0 fully saturated rings. The van der Waals surface area contributed by atoms with E-state index in [9.17, 15) is 0 Å². The average Bonchev–Trinajstić information content (AvgIpc) is 2.56. The summed E-state index contributed by atoms with van der Waals surface area (Å²) in [5, 5.41) is 3.85. The molecule has 0 aliphatic heterocycles. The molecule has 1 nitrogen and oxygen atoms in total. The van der Waals surface area contributed by atoms with E-state index in [-0.39, 0.29) is 0 Å². The molecule has 0 amide bonds. The normalized spacial score (nSPS) is 14.1. The Balaban J connectivity index is 3.97. The Morgan fingerprint density at radius 1 is 0.478 bits per heavy atom. The standard InChI is InChI=1S/C22H47N/c1-5-9-12-14-18-22(16-11-7-3)20-23-19-21(15-8-4)17-13-10-6-2/h21-23H,5-20H2,1-4H3. The van der Waals surface area contributed by atoms with Gasteiger partial charge in [0, 0.05) is 0 Å². The van der Waals surface area contributed by atoms with E-state index in [2.05, 4.69) is 33.0 Å². The molecule has 0 radical (unpaired) electrons. The highest BCUT2D eigenvalue weighted by atomic mass is 14.9. The van der Waals surface area contributed by atoms with Crippen molar-refractivity contribution in [1.82, 2.24) is 5.32 Å². The second-order valence-electron chi connectivity index (χ2n) is 7.67. The van der Waals surface area contributed by atoms with Crippen molar-refractivity contribution in [3.63, 3.8) is 0 Å². The van der Waals surface area contributed by atoms with Crippen molar-refractivity contribution in [2.24, 2.45) is 11.8 Å². The van der Waals surface area contributed by atoms with Gasteiger partial charge < -0.3 is 5.32 Å². The lowest BCUT2D eigenvalue weighted by Gasteiger charge is -2.21. The van der Waals surface area contributed by atoms with Gasteiger partial charge in [0.15, 0.2) is 0 Å². The molecule has 0 aliphatic rings. The number of hydrogen-bond donors (Lipinski definition) is 1. The minimum Gasteiger partial charge on any atom is -0.316 e. The van der Waals surface area contributed by atoms with Crippen LogP contribution in [0.2, 0.25) is 0 Å². The fraction of sp³-hybridized carbons (Fsp3) is 1.00. The summed E-state index contributed by atoms with van der Waals surface area (Å²) in [6.07, 6.45) is 19.7. The third-order valence-electron chi connectivity index (χ3n) is 5.21. The maximum atomic E-state index is 3.85. The fourth-order valence-electron chi connectivity index (χ4n) is 3.63. The molecule has 0 heterocycles. The first-order valence-electron chi connectivity index (χ1n) is 11.0. The van der Waals surface area contributed by atoms with Gasteiger partial charge in [-0.2, -0.15) is 0 Å². The largest absolute Gasteiger partial charge is 0.316 e. The number of rotatable bonds is 18. The Morgan fingerprint density at radius 3 is 1.52 bits per heavy atom.